The second-order valence-electron chi connectivity index (χ2n) is 6.81. The van der Waals surface area contributed by atoms with Crippen LogP contribution in [0.1, 0.15) is 19.8 Å². The fourth-order valence-electron chi connectivity index (χ4n) is 4.42. The summed E-state index contributed by atoms with van der Waals surface area (Å²) in [7, 11) is -1.24. The Morgan fingerprint density at radius 1 is 0.852 bits per heavy atom. The van der Waals surface area contributed by atoms with Crippen LogP contribution in [0.3, 0.4) is 0 Å². The smallest absolute Gasteiger partial charge is 1.00 e. The molecule has 0 amide bonds. The molecule has 0 radical (unpaired) electrons. The summed E-state index contributed by atoms with van der Waals surface area (Å²) < 4.78 is 0. The Balaban J connectivity index is 0.00000169. The first kappa shape index (κ1) is 26.6. The van der Waals surface area contributed by atoms with Gasteiger partial charge in [-0.2, -0.15) is 0 Å². The van der Waals surface area contributed by atoms with E-state index in [1.165, 1.54) is 12.8 Å². The summed E-state index contributed by atoms with van der Waals surface area (Å²) >= 11 is 0. The van der Waals surface area contributed by atoms with Gasteiger partial charge in [0, 0.05) is 0 Å². The summed E-state index contributed by atoms with van der Waals surface area (Å²) in [6.45, 7) is 2.39. The van der Waals surface area contributed by atoms with E-state index in [0.29, 0.717) is 0 Å². The van der Waals surface area contributed by atoms with Crippen LogP contribution >= 0.6 is 0 Å². The Morgan fingerprint density at radius 2 is 1.37 bits per heavy atom. The number of benzene rings is 2. The van der Waals surface area contributed by atoms with E-state index in [1.54, 1.807) is 21.9 Å². The normalized spacial score (nSPS) is 19.6. The van der Waals surface area contributed by atoms with Crippen molar-refractivity contribution in [2.75, 3.05) is 0 Å². The third kappa shape index (κ3) is 5.56. The molecule has 2 aliphatic carbocycles. The molecule has 0 aliphatic heterocycles. The van der Waals surface area contributed by atoms with E-state index in [0.717, 1.165) is 11.5 Å². The summed E-state index contributed by atoms with van der Waals surface area (Å²) in [6, 6.07) is 22.5. The third-order valence-electron chi connectivity index (χ3n) is 5.54. The molecule has 1 fully saturated rings. The summed E-state index contributed by atoms with van der Waals surface area (Å²) in [5.74, 6) is 2.41. The summed E-state index contributed by atoms with van der Waals surface area (Å²) in [5, 5.41) is 3.16. The third-order valence-corrected chi connectivity index (χ3v) is 9.33. The van der Waals surface area contributed by atoms with Gasteiger partial charge < -0.3 is 37.2 Å². The molecule has 0 heterocycles. The molecular formula is C22H23Cl3SiTi. The molecule has 0 spiro atoms. The maximum atomic E-state index is 2.39. The van der Waals surface area contributed by atoms with Gasteiger partial charge in [0.2, 0.25) is 0 Å². The summed E-state index contributed by atoms with van der Waals surface area (Å²) in [4.78, 5) is 0. The van der Waals surface area contributed by atoms with Crippen LogP contribution in [0, 0.1) is 11.8 Å². The standard InChI is InChI=1S/C22H23Si.3ClH.Ti/c1-17-21-15-9-8-10-18(21)16-22(17)23(19-11-4-2-5-12-19)20-13-6-3-7-14-20;;;;/h2-9,11-15,18,22-23H,10,16H2,1H3;3*1H;/q-1;;;;+4/p-3. The molecule has 0 saturated heterocycles. The molecule has 0 bridgehead atoms. The molecule has 0 aromatic heterocycles. The van der Waals surface area contributed by atoms with E-state index in [4.69, 9.17) is 0 Å². The molecule has 140 valence electrons. The molecule has 2 aromatic carbocycles. The van der Waals surface area contributed by atoms with Crippen molar-refractivity contribution >= 4 is 19.2 Å². The van der Waals surface area contributed by atoms with Gasteiger partial charge in [-0.15, -0.1) is 19.1 Å². The summed E-state index contributed by atoms with van der Waals surface area (Å²) in [5.41, 5.74) is 2.37. The average molecular weight is 470 g/mol. The Kier molecular flexibility index (Phi) is 12.0. The molecule has 0 N–H and O–H groups in total. The topological polar surface area (TPSA) is 0 Å². The van der Waals surface area contributed by atoms with Gasteiger partial charge in [-0.1, -0.05) is 83.0 Å². The minimum atomic E-state index is -1.24. The molecule has 2 unspecified atom stereocenters. The van der Waals surface area contributed by atoms with E-state index < -0.39 is 8.80 Å². The van der Waals surface area contributed by atoms with Gasteiger partial charge in [-0.05, 0) is 12.3 Å². The van der Waals surface area contributed by atoms with Gasteiger partial charge >= 0.3 is 21.7 Å². The van der Waals surface area contributed by atoms with Crippen LogP contribution in [0.5, 0.6) is 0 Å². The second kappa shape index (κ2) is 12.2. The Hall–Kier alpha value is -0.409. The Labute approximate surface area is 198 Å². The molecule has 27 heavy (non-hydrogen) atoms. The number of allylic oxidation sites excluding steroid dienone is 4. The quantitative estimate of drug-likeness (QED) is 0.312. The maximum absolute atomic E-state index is 2.39. The zero-order chi connectivity index (χ0) is 15.6. The molecule has 2 aliphatic rings. The molecule has 5 heteroatoms. The molecular weight excluding hydrogens is 447 g/mol. The second-order valence-corrected chi connectivity index (χ2v) is 9.90. The van der Waals surface area contributed by atoms with Gasteiger partial charge in [0.15, 0.2) is 0 Å². The first-order valence-electron chi connectivity index (χ1n) is 8.65. The SMILES string of the molecule is C[C-]1C2=CC=CCC2CC1[SiH](c1ccccc1)c1ccccc1.[Cl-].[Cl-].[Cl-].[Ti+4]. The van der Waals surface area contributed by atoms with Crippen LogP contribution in [0.15, 0.2) is 84.5 Å². The number of halogens is 3. The molecule has 2 aromatic rings. The van der Waals surface area contributed by atoms with Crippen LogP contribution in [-0.2, 0) is 21.7 Å². The van der Waals surface area contributed by atoms with E-state index in [9.17, 15) is 0 Å². The fourth-order valence-corrected chi connectivity index (χ4v) is 8.30. The van der Waals surface area contributed by atoms with Crippen LogP contribution in [0.4, 0.5) is 0 Å². The number of hydrogen-bond donors (Lipinski definition) is 0. The van der Waals surface area contributed by atoms with Gasteiger partial charge in [0.1, 0.15) is 0 Å². The Morgan fingerprint density at radius 3 is 1.85 bits per heavy atom. The first-order chi connectivity index (χ1) is 11.3. The van der Waals surface area contributed by atoms with Gasteiger partial charge in [0.05, 0.1) is 8.80 Å². The molecule has 2 atom stereocenters. The average Bonchev–Trinajstić information content (AvgIpc) is 2.94. The fraction of sp³-hybridized carbons (Fsp3) is 0.227. The van der Waals surface area contributed by atoms with Crippen molar-refractivity contribution in [1.29, 1.82) is 0 Å². The number of rotatable bonds is 3. The van der Waals surface area contributed by atoms with Crippen LogP contribution in [0.2, 0.25) is 5.54 Å². The molecule has 4 rings (SSSR count). The molecule has 1 saturated carbocycles. The molecule has 0 nitrogen and oxygen atoms in total. The van der Waals surface area contributed by atoms with E-state index in [1.807, 2.05) is 0 Å². The van der Waals surface area contributed by atoms with Crippen LogP contribution in [0.25, 0.3) is 0 Å². The van der Waals surface area contributed by atoms with Crippen molar-refractivity contribution in [3.05, 3.63) is 90.4 Å². The van der Waals surface area contributed by atoms with E-state index >= 15 is 0 Å². The van der Waals surface area contributed by atoms with Gasteiger partial charge in [-0.3, -0.25) is 0 Å². The number of hydrogen-bond acceptors (Lipinski definition) is 0. The van der Waals surface area contributed by atoms with Crippen molar-refractivity contribution in [3.8, 4) is 0 Å². The first-order valence-corrected chi connectivity index (χ1v) is 10.5. The largest absolute Gasteiger partial charge is 4.00 e. The van der Waals surface area contributed by atoms with Crippen molar-refractivity contribution < 1.29 is 58.9 Å². The predicted molar refractivity (Wildman–Crippen MR) is 102 cm³/mol. The minimum Gasteiger partial charge on any atom is -1.00 e. The van der Waals surface area contributed by atoms with Crippen molar-refractivity contribution in [2.45, 2.75) is 25.3 Å². The van der Waals surface area contributed by atoms with Crippen LogP contribution < -0.4 is 47.6 Å². The minimum absolute atomic E-state index is 0. The monoisotopic (exact) mass is 468 g/mol. The van der Waals surface area contributed by atoms with E-state index in [2.05, 4.69) is 85.8 Å². The van der Waals surface area contributed by atoms with Crippen molar-refractivity contribution in [1.82, 2.24) is 0 Å². The van der Waals surface area contributed by atoms with Gasteiger partial charge in [-0.25, -0.2) is 17.6 Å². The number of fused-ring (bicyclic) bond motifs is 1. The maximum Gasteiger partial charge on any atom is 4.00 e. The Bertz CT molecular complexity index is 694. The zero-order valence-electron chi connectivity index (χ0n) is 15.3. The van der Waals surface area contributed by atoms with Crippen molar-refractivity contribution in [3.63, 3.8) is 0 Å². The summed E-state index contributed by atoms with van der Waals surface area (Å²) in [6.07, 6.45) is 9.52. The van der Waals surface area contributed by atoms with Crippen molar-refractivity contribution in [2.24, 2.45) is 5.92 Å². The van der Waals surface area contributed by atoms with Crippen LogP contribution in [-0.4, -0.2) is 8.80 Å². The predicted octanol–water partition coefficient (Wildman–Crippen LogP) is -5.09. The zero-order valence-corrected chi connectivity index (χ0v) is 20.3. The van der Waals surface area contributed by atoms with E-state index in [-0.39, 0.29) is 58.9 Å². The van der Waals surface area contributed by atoms with Gasteiger partial charge in [0.25, 0.3) is 0 Å².